The van der Waals surface area contributed by atoms with Gasteiger partial charge in [0.1, 0.15) is 0 Å². The Balaban J connectivity index is 2.37. The zero-order valence-electron chi connectivity index (χ0n) is 9.55. The first kappa shape index (κ1) is 10.2. The highest BCUT2D eigenvalue weighted by Crippen LogP contribution is 2.44. The Morgan fingerprint density at radius 2 is 2.00 bits per heavy atom. The van der Waals surface area contributed by atoms with E-state index in [1.165, 1.54) is 28.4 Å². The predicted molar refractivity (Wildman–Crippen MR) is 62.2 cm³/mol. The van der Waals surface area contributed by atoms with Crippen molar-refractivity contribution < 1.29 is 0 Å². The van der Waals surface area contributed by atoms with Crippen LogP contribution in [0, 0.1) is 0 Å². The van der Waals surface area contributed by atoms with Gasteiger partial charge in [0.25, 0.3) is 0 Å². The van der Waals surface area contributed by atoms with Crippen molar-refractivity contribution >= 4 is 11.3 Å². The van der Waals surface area contributed by atoms with E-state index in [0.717, 1.165) is 12.3 Å². The maximum absolute atomic E-state index is 4.83. The summed E-state index contributed by atoms with van der Waals surface area (Å²) in [6.07, 6.45) is 3.86. The number of thiazole rings is 1. The smallest absolute Gasteiger partial charge is 0.0962 e. The monoisotopic (exact) mass is 209 g/mol. The van der Waals surface area contributed by atoms with Gasteiger partial charge in [-0.25, -0.2) is 4.98 Å². The highest BCUT2D eigenvalue weighted by molar-refractivity contribution is 7.11. The molecule has 14 heavy (non-hydrogen) atoms. The van der Waals surface area contributed by atoms with E-state index in [1.807, 2.05) is 11.3 Å². The largest absolute Gasteiger partial charge is 0.245 e. The van der Waals surface area contributed by atoms with Gasteiger partial charge in [0.2, 0.25) is 0 Å². The van der Waals surface area contributed by atoms with Crippen LogP contribution >= 0.6 is 11.3 Å². The fourth-order valence-electron chi connectivity index (χ4n) is 1.70. The average Bonchev–Trinajstić information content (AvgIpc) is 2.83. The fourth-order valence-corrected chi connectivity index (χ4v) is 3.09. The lowest BCUT2D eigenvalue weighted by Crippen LogP contribution is -2.13. The SMILES string of the molecule is CCc1sc(C2CC2)nc1C(C)(C)C. The van der Waals surface area contributed by atoms with E-state index in [4.69, 9.17) is 4.98 Å². The van der Waals surface area contributed by atoms with Crippen LogP contribution in [0.3, 0.4) is 0 Å². The molecule has 0 N–H and O–H groups in total. The van der Waals surface area contributed by atoms with Gasteiger partial charge in [0.15, 0.2) is 0 Å². The van der Waals surface area contributed by atoms with Crippen LogP contribution in [0.5, 0.6) is 0 Å². The predicted octanol–water partition coefficient (Wildman–Crippen LogP) is 3.88. The van der Waals surface area contributed by atoms with Gasteiger partial charge in [0.05, 0.1) is 10.7 Å². The van der Waals surface area contributed by atoms with Crippen molar-refractivity contribution in [3.8, 4) is 0 Å². The van der Waals surface area contributed by atoms with Crippen LogP contribution in [0.2, 0.25) is 0 Å². The van der Waals surface area contributed by atoms with Crippen molar-refractivity contribution in [1.29, 1.82) is 0 Å². The van der Waals surface area contributed by atoms with Gasteiger partial charge in [0, 0.05) is 16.2 Å². The lowest BCUT2D eigenvalue weighted by Gasteiger charge is -2.16. The number of hydrogen-bond donors (Lipinski definition) is 0. The van der Waals surface area contributed by atoms with Crippen LogP contribution in [0.4, 0.5) is 0 Å². The molecule has 1 aromatic rings. The second-order valence-electron chi connectivity index (χ2n) is 5.20. The molecule has 0 saturated heterocycles. The first-order chi connectivity index (χ1) is 6.52. The molecule has 1 heterocycles. The molecule has 0 spiro atoms. The molecular weight excluding hydrogens is 190 g/mol. The van der Waals surface area contributed by atoms with E-state index < -0.39 is 0 Å². The maximum Gasteiger partial charge on any atom is 0.0962 e. The number of aromatic nitrogens is 1. The molecule has 0 atom stereocenters. The quantitative estimate of drug-likeness (QED) is 0.720. The van der Waals surface area contributed by atoms with Crippen molar-refractivity contribution in [3.05, 3.63) is 15.6 Å². The van der Waals surface area contributed by atoms with E-state index in [1.54, 1.807) is 0 Å². The van der Waals surface area contributed by atoms with Crippen molar-refractivity contribution in [2.24, 2.45) is 0 Å². The Labute approximate surface area is 90.6 Å². The molecule has 1 aliphatic rings. The fraction of sp³-hybridized carbons (Fsp3) is 0.750. The van der Waals surface area contributed by atoms with Crippen LogP contribution in [-0.2, 0) is 11.8 Å². The second-order valence-corrected chi connectivity index (χ2v) is 6.32. The number of aryl methyl sites for hydroxylation is 1. The van der Waals surface area contributed by atoms with E-state index >= 15 is 0 Å². The molecule has 1 saturated carbocycles. The van der Waals surface area contributed by atoms with Crippen molar-refractivity contribution in [2.45, 2.75) is 58.3 Å². The summed E-state index contributed by atoms with van der Waals surface area (Å²) in [4.78, 5) is 6.33. The average molecular weight is 209 g/mol. The summed E-state index contributed by atoms with van der Waals surface area (Å²) in [7, 11) is 0. The van der Waals surface area contributed by atoms with Gasteiger partial charge in [-0.1, -0.05) is 27.7 Å². The Bertz CT molecular complexity index is 329. The molecule has 1 fully saturated rings. The molecule has 0 radical (unpaired) electrons. The minimum absolute atomic E-state index is 0.217. The van der Waals surface area contributed by atoms with Gasteiger partial charge in [-0.2, -0.15) is 0 Å². The summed E-state index contributed by atoms with van der Waals surface area (Å²) in [5.41, 5.74) is 1.56. The summed E-state index contributed by atoms with van der Waals surface area (Å²) >= 11 is 1.95. The van der Waals surface area contributed by atoms with Gasteiger partial charge in [-0.15, -0.1) is 11.3 Å². The molecule has 2 rings (SSSR count). The Kier molecular flexibility index (Phi) is 2.42. The molecule has 0 aliphatic heterocycles. The molecule has 1 aromatic heterocycles. The van der Waals surface area contributed by atoms with Gasteiger partial charge in [-0.3, -0.25) is 0 Å². The van der Waals surface area contributed by atoms with E-state index in [2.05, 4.69) is 27.7 Å². The van der Waals surface area contributed by atoms with Crippen LogP contribution in [0.25, 0.3) is 0 Å². The van der Waals surface area contributed by atoms with Crippen LogP contribution in [0.1, 0.15) is 62.0 Å². The van der Waals surface area contributed by atoms with Crippen LogP contribution < -0.4 is 0 Å². The van der Waals surface area contributed by atoms with Crippen molar-refractivity contribution in [2.75, 3.05) is 0 Å². The molecule has 0 bridgehead atoms. The normalized spacial score (nSPS) is 17.4. The topological polar surface area (TPSA) is 12.9 Å². The van der Waals surface area contributed by atoms with Gasteiger partial charge < -0.3 is 0 Å². The third kappa shape index (κ3) is 1.85. The first-order valence-corrected chi connectivity index (χ1v) is 6.34. The van der Waals surface area contributed by atoms with Gasteiger partial charge in [-0.05, 0) is 19.3 Å². The Morgan fingerprint density at radius 3 is 2.36 bits per heavy atom. The summed E-state index contributed by atoms with van der Waals surface area (Å²) in [6, 6.07) is 0. The summed E-state index contributed by atoms with van der Waals surface area (Å²) in [5, 5.41) is 1.40. The zero-order chi connectivity index (χ0) is 10.3. The third-order valence-corrected chi connectivity index (χ3v) is 4.03. The molecule has 0 aromatic carbocycles. The minimum Gasteiger partial charge on any atom is -0.245 e. The van der Waals surface area contributed by atoms with Crippen LogP contribution in [-0.4, -0.2) is 4.98 Å². The van der Waals surface area contributed by atoms with E-state index in [-0.39, 0.29) is 5.41 Å². The highest BCUT2D eigenvalue weighted by atomic mass is 32.1. The summed E-state index contributed by atoms with van der Waals surface area (Å²) in [6.45, 7) is 9.02. The molecule has 2 heteroatoms. The Hall–Kier alpha value is -0.370. The molecule has 0 unspecified atom stereocenters. The summed E-state index contributed by atoms with van der Waals surface area (Å²) < 4.78 is 0. The molecule has 1 nitrogen and oxygen atoms in total. The highest BCUT2D eigenvalue weighted by Gasteiger charge is 2.30. The number of hydrogen-bond acceptors (Lipinski definition) is 2. The van der Waals surface area contributed by atoms with E-state index in [9.17, 15) is 0 Å². The van der Waals surface area contributed by atoms with Gasteiger partial charge >= 0.3 is 0 Å². The molecule has 1 aliphatic carbocycles. The third-order valence-electron chi connectivity index (χ3n) is 2.67. The minimum atomic E-state index is 0.217. The number of nitrogens with zero attached hydrogens (tertiary/aromatic N) is 1. The molecule has 0 amide bonds. The first-order valence-electron chi connectivity index (χ1n) is 5.52. The van der Waals surface area contributed by atoms with Crippen molar-refractivity contribution in [1.82, 2.24) is 4.98 Å². The standard InChI is InChI=1S/C12H19NS/c1-5-9-10(12(2,3)4)13-11(14-9)8-6-7-8/h8H,5-7H2,1-4H3. The zero-order valence-corrected chi connectivity index (χ0v) is 10.4. The maximum atomic E-state index is 4.83. The van der Waals surface area contributed by atoms with Crippen molar-refractivity contribution in [3.63, 3.8) is 0 Å². The molecule has 78 valence electrons. The number of rotatable bonds is 2. The Morgan fingerprint density at radius 1 is 1.36 bits per heavy atom. The second kappa shape index (κ2) is 3.34. The van der Waals surface area contributed by atoms with E-state index in [0.29, 0.717) is 0 Å². The lowest BCUT2D eigenvalue weighted by atomic mass is 9.91. The molecular formula is C12H19NS. The van der Waals surface area contributed by atoms with Crippen LogP contribution in [0.15, 0.2) is 0 Å². The lowest BCUT2D eigenvalue weighted by molar-refractivity contribution is 0.565. The summed E-state index contributed by atoms with van der Waals surface area (Å²) in [5.74, 6) is 0.807.